The minimum Gasteiger partial charge on any atom is -0.299 e. The first-order chi connectivity index (χ1) is 8.79. The van der Waals surface area contributed by atoms with Crippen molar-refractivity contribution in [1.82, 2.24) is 4.90 Å². The van der Waals surface area contributed by atoms with Gasteiger partial charge >= 0.3 is 0 Å². The highest BCUT2D eigenvalue weighted by Gasteiger charge is 2.16. The molecule has 18 heavy (non-hydrogen) atoms. The maximum Gasteiger partial charge on any atom is 0.0244 e. The normalized spacial score (nSPS) is 21.8. The molecule has 1 nitrogen and oxygen atoms in total. The summed E-state index contributed by atoms with van der Waals surface area (Å²) in [5, 5.41) is 0. The van der Waals surface area contributed by atoms with Gasteiger partial charge in [-0.25, -0.2) is 0 Å². The van der Waals surface area contributed by atoms with Crippen LogP contribution in [0.4, 0.5) is 0 Å². The van der Waals surface area contributed by atoms with Crippen LogP contribution < -0.4 is 0 Å². The van der Waals surface area contributed by atoms with Crippen LogP contribution in [0.25, 0.3) is 0 Å². The predicted molar refractivity (Wildman–Crippen MR) is 81.7 cm³/mol. The summed E-state index contributed by atoms with van der Waals surface area (Å²) >= 11 is 3.65. The average Bonchev–Trinajstić information content (AvgIpc) is 2.59. The van der Waals surface area contributed by atoms with Crippen molar-refractivity contribution in [2.24, 2.45) is 5.92 Å². The van der Waals surface area contributed by atoms with Crippen LogP contribution in [0, 0.1) is 5.92 Å². The van der Waals surface area contributed by atoms with Crippen LogP contribution in [0.2, 0.25) is 0 Å². The molecule has 1 aliphatic rings. The number of hydrogen-bond donors (Lipinski definition) is 0. The standard InChI is InChI=1S/C16H24BrN/c1-2-6-14-7-5-11-18(12-10-14)13-15-8-3-4-9-16(15)17/h3-4,8-9,14H,2,5-7,10-13H2,1H3. The van der Waals surface area contributed by atoms with E-state index < -0.39 is 0 Å². The second-order valence-corrected chi connectivity index (χ2v) is 6.31. The van der Waals surface area contributed by atoms with Crippen LogP contribution in [0.15, 0.2) is 28.7 Å². The van der Waals surface area contributed by atoms with E-state index in [0.717, 1.165) is 12.5 Å². The minimum atomic E-state index is 0.971. The highest BCUT2D eigenvalue weighted by Crippen LogP contribution is 2.24. The van der Waals surface area contributed by atoms with Gasteiger partial charge in [0.15, 0.2) is 0 Å². The van der Waals surface area contributed by atoms with Gasteiger partial charge in [-0.15, -0.1) is 0 Å². The Labute approximate surface area is 120 Å². The molecule has 1 unspecified atom stereocenters. The largest absolute Gasteiger partial charge is 0.299 e. The summed E-state index contributed by atoms with van der Waals surface area (Å²) < 4.78 is 1.25. The maximum absolute atomic E-state index is 3.65. The Morgan fingerprint density at radius 3 is 2.83 bits per heavy atom. The number of rotatable bonds is 4. The van der Waals surface area contributed by atoms with Gasteiger partial charge in [0.05, 0.1) is 0 Å². The maximum atomic E-state index is 3.65. The topological polar surface area (TPSA) is 3.24 Å². The molecule has 0 saturated carbocycles. The molecule has 1 aliphatic heterocycles. The van der Waals surface area contributed by atoms with Crippen molar-refractivity contribution >= 4 is 15.9 Å². The first kappa shape index (κ1) is 14.1. The van der Waals surface area contributed by atoms with Crippen molar-refractivity contribution in [2.75, 3.05) is 13.1 Å². The van der Waals surface area contributed by atoms with Crippen molar-refractivity contribution in [3.63, 3.8) is 0 Å². The first-order valence-corrected chi connectivity index (χ1v) is 8.04. The van der Waals surface area contributed by atoms with E-state index >= 15 is 0 Å². The lowest BCUT2D eigenvalue weighted by atomic mass is 9.96. The molecule has 2 heteroatoms. The molecule has 1 saturated heterocycles. The van der Waals surface area contributed by atoms with Gasteiger partial charge in [-0.3, -0.25) is 4.90 Å². The smallest absolute Gasteiger partial charge is 0.0244 e. The molecule has 1 atom stereocenters. The van der Waals surface area contributed by atoms with E-state index in [1.807, 2.05) is 0 Å². The molecule has 0 radical (unpaired) electrons. The van der Waals surface area contributed by atoms with Crippen LogP contribution in [-0.2, 0) is 6.54 Å². The van der Waals surface area contributed by atoms with Crippen LogP contribution in [0.1, 0.15) is 44.6 Å². The first-order valence-electron chi connectivity index (χ1n) is 7.25. The minimum absolute atomic E-state index is 0.971. The Kier molecular flexibility index (Phi) is 5.71. The van der Waals surface area contributed by atoms with Crippen LogP contribution in [0.3, 0.4) is 0 Å². The van der Waals surface area contributed by atoms with Crippen molar-refractivity contribution in [2.45, 2.75) is 45.6 Å². The number of benzene rings is 1. The zero-order valence-corrected chi connectivity index (χ0v) is 13.0. The molecule has 100 valence electrons. The Hall–Kier alpha value is -0.340. The van der Waals surface area contributed by atoms with Gasteiger partial charge in [0.25, 0.3) is 0 Å². The quantitative estimate of drug-likeness (QED) is 0.768. The van der Waals surface area contributed by atoms with Gasteiger partial charge in [-0.1, -0.05) is 53.9 Å². The van der Waals surface area contributed by atoms with Crippen LogP contribution in [-0.4, -0.2) is 18.0 Å². The molecule has 1 aromatic carbocycles. The van der Waals surface area contributed by atoms with E-state index in [9.17, 15) is 0 Å². The third-order valence-electron chi connectivity index (χ3n) is 3.99. The summed E-state index contributed by atoms with van der Waals surface area (Å²) in [7, 11) is 0. The van der Waals surface area contributed by atoms with Crippen LogP contribution in [0.5, 0.6) is 0 Å². The summed E-state index contributed by atoms with van der Waals surface area (Å²) in [4.78, 5) is 2.62. The van der Waals surface area contributed by atoms with Gasteiger partial charge in [0.2, 0.25) is 0 Å². The molecule has 0 N–H and O–H groups in total. The summed E-state index contributed by atoms with van der Waals surface area (Å²) in [6, 6.07) is 8.61. The van der Waals surface area contributed by atoms with E-state index in [1.165, 1.54) is 55.2 Å². The zero-order valence-electron chi connectivity index (χ0n) is 11.4. The molecular formula is C16H24BrN. The lowest BCUT2D eigenvalue weighted by Gasteiger charge is -2.20. The Bertz CT molecular complexity index is 364. The second-order valence-electron chi connectivity index (χ2n) is 5.45. The molecular weight excluding hydrogens is 286 g/mol. The molecule has 2 rings (SSSR count). The zero-order chi connectivity index (χ0) is 12.8. The fourth-order valence-electron chi connectivity index (χ4n) is 2.95. The molecule has 1 heterocycles. The average molecular weight is 310 g/mol. The summed E-state index contributed by atoms with van der Waals surface area (Å²) in [6.07, 6.45) is 6.95. The SMILES string of the molecule is CCCC1CCCN(Cc2ccccc2Br)CC1. The summed E-state index contributed by atoms with van der Waals surface area (Å²) in [5.41, 5.74) is 1.42. The van der Waals surface area contributed by atoms with E-state index in [-0.39, 0.29) is 0 Å². The Balaban J connectivity index is 1.89. The predicted octanol–water partition coefficient (Wildman–Crippen LogP) is 4.85. The van der Waals surface area contributed by atoms with Crippen molar-refractivity contribution in [1.29, 1.82) is 0 Å². The summed E-state index contributed by atoms with van der Waals surface area (Å²) in [5.74, 6) is 0.971. The van der Waals surface area contributed by atoms with E-state index in [2.05, 4.69) is 52.0 Å². The van der Waals surface area contributed by atoms with Gasteiger partial charge in [-0.05, 0) is 49.9 Å². The molecule has 1 fully saturated rings. The third-order valence-corrected chi connectivity index (χ3v) is 4.76. The number of hydrogen-bond acceptors (Lipinski definition) is 1. The lowest BCUT2D eigenvalue weighted by Crippen LogP contribution is -2.24. The van der Waals surface area contributed by atoms with Crippen molar-refractivity contribution in [3.8, 4) is 0 Å². The van der Waals surface area contributed by atoms with E-state index in [0.29, 0.717) is 0 Å². The van der Waals surface area contributed by atoms with Gasteiger partial charge in [-0.2, -0.15) is 0 Å². The van der Waals surface area contributed by atoms with E-state index in [4.69, 9.17) is 0 Å². The van der Waals surface area contributed by atoms with Gasteiger partial charge < -0.3 is 0 Å². The summed E-state index contributed by atoms with van der Waals surface area (Å²) in [6.45, 7) is 5.94. The highest BCUT2D eigenvalue weighted by molar-refractivity contribution is 9.10. The molecule has 1 aromatic rings. The molecule has 0 amide bonds. The van der Waals surface area contributed by atoms with Gasteiger partial charge in [0, 0.05) is 11.0 Å². The van der Waals surface area contributed by atoms with E-state index in [1.54, 1.807) is 0 Å². The molecule has 0 aromatic heterocycles. The molecule has 0 spiro atoms. The van der Waals surface area contributed by atoms with Gasteiger partial charge in [0.1, 0.15) is 0 Å². The number of nitrogens with zero attached hydrogens (tertiary/aromatic N) is 1. The number of likely N-dealkylation sites (tertiary alicyclic amines) is 1. The second kappa shape index (κ2) is 7.30. The molecule has 0 bridgehead atoms. The van der Waals surface area contributed by atoms with Crippen molar-refractivity contribution in [3.05, 3.63) is 34.3 Å². The fourth-order valence-corrected chi connectivity index (χ4v) is 3.36. The van der Waals surface area contributed by atoms with Crippen molar-refractivity contribution < 1.29 is 0 Å². The number of halogens is 1. The highest BCUT2D eigenvalue weighted by atomic mass is 79.9. The van der Waals surface area contributed by atoms with Crippen LogP contribution >= 0.6 is 15.9 Å². The fraction of sp³-hybridized carbons (Fsp3) is 0.625. The molecule has 0 aliphatic carbocycles. The lowest BCUT2D eigenvalue weighted by molar-refractivity contribution is 0.271. The third kappa shape index (κ3) is 4.10. The Morgan fingerprint density at radius 2 is 2.06 bits per heavy atom. The monoisotopic (exact) mass is 309 g/mol. The Morgan fingerprint density at radius 1 is 1.22 bits per heavy atom.